The summed E-state index contributed by atoms with van der Waals surface area (Å²) in [6.07, 6.45) is 7.21. The van der Waals surface area contributed by atoms with Crippen molar-refractivity contribution in [2.45, 2.75) is 51.9 Å². The van der Waals surface area contributed by atoms with Crippen LogP contribution in [0.4, 0.5) is 0 Å². The van der Waals surface area contributed by atoms with E-state index in [1.807, 2.05) is 12.1 Å². The maximum Gasteiger partial charge on any atom is 0.308 e. The third kappa shape index (κ3) is 2.85. The summed E-state index contributed by atoms with van der Waals surface area (Å²) in [5, 5.41) is 0. The first-order valence-electron chi connectivity index (χ1n) is 9.55. The summed E-state index contributed by atoms with van der Waals surface area (Å²) >= 11 is 2.30. The number of aryl methyl sites for hydroxylation is 1. The van der Waals surface area contributed by atoms with Crippen molar-refractivity contribution in [1.82, 2.24) is 0 Å². The minimum absolute atomic E-state index is 0.142. The number of allylic oxidation sites excluding steroid dienone is 1. The second-order valence-electron chi connectivity index (χ2n) is 8.35. The molecule has 0 spiro atoms. The molecule has 3 nitrogen and oxygen atoms in total. The van der Waals surface area contributed by atoms with Gasteiger partial charge in [0.05, 0.1) is 0 Å². The van der Waals surface area contributed by atoms with Crippen molar-refractivity contribution in [3.8, 4) is 5.75 Å². The molecule has 4 heteroatoms. The maximum atomic E-state index is 12.7. The lowest BCUT2D eigenvalue weighted by Gasteiger charge is -2.51. The van der Waals surface area contributed by atoms with E-state index in [1.54, 1.807) is 0 Å². The number of carbonyl (C=O) groups is 2. The molecule has 0 saturated heterocycles. The first kappa shape index (κ1) is 18.2. The van der Waals surface area contributed by atoms with E-state index < -0.39 is 0 Å². The fourth-order valence-corrected chi connectivity index (χ4v) is 6.57. The topological polar surface area (TPSA) is 43.4 Å². The number of carbonyl (C=O) groups excluding carboxylic acids is 2. The van der Waals surface area contributed by atoms with E-state index in [0.29, 0.717) is 35.2 Å². The molecule has 138 valence electrons. The van der Waals surface area contributed by atoms with Crippen LogP contribution in [-0.2, 0) is 16.0 Å². The quantitative estimate of drug-likeness (QED) is 0.343. The summed E-state index contributed by atoms with van der Waals surface area (Å²) < 4.78 is 7.41. The van der Waals surface area contributed by atoms with E-state index in [9.17, 15) is 9.59 Å². The first-order chi connectivity index (χ1) is 12.4. The zero-order valence-corrected chi connectivity index (χ0v) is 17.5. The molecule has 1 aromatic rings. The zero-order chi connectivity index (χ0) is 18.5. The highest BCUT2D eigenvalue weighted by Gasteiger charge is 2.57. The molecule has 0 N–H and O–H groups in total. The third-order valence-electron chi connectivity index (χ3n) is 7.04. The fourth-order valence-electron chi connectivity index (χ4n) is 6.03. The number of halogens is 1. The van der Waals surface area contributed by atoms with Crippen LogP contribution in [0.15, 0.2) is 28.4 Å². The van der Waals surface area contributed by atoms with Gasteiger partial charge in [0, 0.05) is 18.8 Å². The van der Waals surface area contributed by atoms with Crippen molar-refractivity contribution < 1.29 is 14.3 Å². The second-order valence-corrected chi connectivity index (χ2v) is 9.07. The molecule has 0 amide bonds. The normalized spacial score (nSPS) is 35.7. The number of hydrogen-bond donors (Lipinski definition) is 0. The standard InChI is InChI=1S/C22H25IO3/c1-13(24)26-16-4-6-17-14(11-16)3-5-18-19-7-8-20(25)22(19,2)12-15(9-10-23)21(17)18/h4,6,9-11,15,18-19,21H,3,5,7-8,12H2,1-2H3/b10-9-/t15-,18-,19-,21+,22-/m0/s1. The van der Waals surface area contributed by atoms with Gasteiger partial charge in [-0.2, -0.15) is 0 Å². The Bertz CT molecular complexity index is 784. The molecule has 5 atom stereocenters. The highest BCUT2D eigenvalue weighted by atomic mass is 127. The van der Waals surface area contributed by atoms with Crippen LogP contribution in [0.2, 0.25) is 0 Å². The van der Waals surface area contributed by atoms with E-state index in [4.69, 9.17) is 4.74 Å². The minimum Gasteiger partial charge on any atom is -0.427 e. The van der Waals surface area contributed by atoms with E-state index >= 15 is 0 Å². The average Bonchev–Trinajstić information content (AvgIpc) is 2.89. The lowest BCUT2D eigenvalue weighted by Crippen LogP contribution is -2.46. The summed E-state index contributed by atoms with van der Waals surface area (Å²) in [4.78, 5) is 23.9. The van der Waals surface area contributed by atoms with Gasteiger partial charge in [0.25, 0.3) is 0 Å². The van der Waals surface area contributed by atoms with Crippen LogP contribution in [0.3, 0.4) is 0 Å². The molecular formula is C22H25IO3. The van der Waals surface area contributed by atoms with Crippen molar-refractivity contribution >= 4 is 34.3 Å². The Balaban J connectivity index is 1.74. The predicted octanol–water partition coefficient (Wildman–Crippen LogP) is 5.21. The van der Waals surface area contributed by atoms with Crippen LogP contribution < -0.4 is 4.74 Å². The number of benzene rings is 1. The molecule has 0 radical (unpaired) electrons. The van der Waals surface area contributed by atoms with Crippen molar-refractivity contribution in [2.75, 3.05) is 0 Å². The molecule has 2 saturated carbocycles. The van der Waals surface area contributed by atoms with Crippen LogP contribution in [0.5, 0.6) is 5.75 Å². The van der Waals surface area contributed by atoms with Crippen LogP contribution >= 0.6 is 22.6 Å². The molecule has 3 aliphatic carbocycles. The van der Waals surface area contributed by atoms with Crippen LogP contribution in [0, 0.1) is 23.2 Å². The predicted molar refractivity (Wildman–Crippen MR) is 109 cm³/mol. The van der Waals surface area contributed by atoms with Crippen molar-refractivity contribution in [2.24, 2.45) is 23.2 Å². The summed E-state index contributed by atoms with van der Waals surface area (Å²) in [6.45, 7) is 3.66. The fraction of sp³-hybridized carbons (Fsp3) is 0.545. The highest BCUT2D eigenvalue weighted by molar-refractivity contribution is 14.1. The Morgan fingerprint density at radius 3 is 2.85 bits per heavy atom. The highest BCUT2D eigenvalue weighted by Crippen LogP contribution is 2.61. The molecule has 26 heavy (non-hydrogen) atoms. The van der Waals surface area contributed by atoms with Gasteiger partial charge >= 0.3 is 5.97 Å². The van der Waals surface area contributed by atoms with Gasteiger partial charge in [0.2, 0.25) is 0 Å². The molecule has 0 aromatic heterocycles. The van der Waals surface area contributed by atoms with Crippen LogP contribution in [0.25, 0.3) is 0 Å². The monoisotopic (exact) mass is 464 g/mol. The molecule has 0 unspecified atom stereocenters. The van der Waals surface area contributed by atoms with Gasteiger partial charge < -0.3 is 4.74 Å². The molecule has 0 heterocycles. The second kappa shape index (κ2) is 6.77. The number of ketones is 1. The Morgan fingerprint density at radius 1 is 1.31 bits per heavy atom. The SMILES string of the molecule is CC(=O)Oc1ccc2c(c1)CC[C@@H]1[C@@H]2[C@@H](/C=C\I)C[C@]2(C)C(=O)CC[C@@H]12. The van der Waals surface area contributed by atoms with Gasteiger partial charge in [-0.05, 0) is 76.7 Å². The lowest BCUT2D eigenvalue weighted by molar-refractivity contribution is -0.132. The van der Waals surface area contributed by atoms with E-state index in [0.717, 1.165) is 32.1 Å². The van der Waals surface area contributed by atoms with E-state index in [-0.39, 0.29) is 11.4 Å². The average molecular weight is 464 g/mol. The van der Waals surface area contributed by atoms with Crippen molar-refractivity contribution in [3.63, 3.8) is 0 Å². The molecule has 2 fully saturated rings. The summed E-state index contributed by atoms with van der Waals surface area (Å²) in [5.74, 6) is 2.81. The third-order valence-corrected chi connectivity index (χ3v) is 7.45. The summed E-state index contributed by atoms with van der Waals surface area (Å²) in [7, 11) is 0. The van der Waals surface area contributed by atoms with Gasteiger partial charge in [-0.3, -0.25) is 9.59 Å². The van der Waals surface area contributed by atoms with Gasteiger partial charge in [-0.1, -0.05) is 41.7 Å². The number of Topliss-reactive ketones (excluding diaryl/α,β-unsaturated/α-hetero) is 1. The van der Waals surface area contributed by atoms with Crippen LogP contribution in [-0.4, -0.2) is 11.8 Å². The molecule has 0 aliphatic heterocycles. The van der Waals surface area contributed by atoms with Gasteiger partial charge in [-0.15, -0.1) is 0 Å². The van der Waals surface area contributed by atoms with Gasteiger partial charge in [-0.25, -0.2) is 0 Å². The Hall–Kier alpha value is -1.17. The summed E-state index contributed by atoms with van der Waals surface area (Å²) in [5.41, 5.74) is 2.57. The van der Waals surface area contributed by atoms with Crippen LogP contribution in [0.1, 0.15) is 56.6 Å². The number of rotatable bonds is 2. The van der Waals surface area contributed by atoms with E-state index in [1.165, 1.54) is 18.1 Å². The molecule has 1 aromatic carbocycles. The Morgan fingerprint density at radius 2 is 2.12 bits per heavy atom. The Labute approximate surface area is 168 Å². The number of esters is 1. The molecule has 0 bridgehead atoms. The number of hydrogen-bond acceptors (Lipinski definition) is 3. The van der Waals surface area contributed by atoms with Gasteiger partial charge in [0.1, 0.15) is 11.5 Å². The maximum absolute atomic E-state index is 12.7. The lowest BCUT2D eigenvalue weighted by atomic mass is 9.52. The summed E-state index contributed by atoms with van der Waals surface area (Å²) in [6, 6.07) is 6.14. The largest absolute Gasteiger partial charge is 0.427 e. The van der Waals surface area contributed by atoms with Gasteiger partial charge in [0.15, 0.2) is 0 Å². The van der Waals surface area contributed by atoms with E-state index in [2.05, 4.69) is 45.7 Å². The van der Waals surface area contributed by atoms with Crippen molar-refractivity contribution in [3.05, 3.63) is 39.5 Å². The minimum atomic E-state index is -0.276. The molecule has 4 rings (SSSR count). The molecule has 3 aliphatic rings. The Kier molecular flexibility index (Phi) is 4.74. The number of ether oxygens (including phenoxy) is 1. The molecular weight excluding hydrogens is 439 g/mol. The zero-order valence-electron chi connectivity index (χ0n) is 15.3. The number of fused-ring (bicyclic) bond motifs is 5. The van der Waals surface area contributed by atoms with Crippen molar-refractivity contribution in [1.29, 1.82) is 0 Å². The smallest absolute Gasteiger partial charge is 0.308 e. The first-order valence-corrected chi connectivity index (χ1v) is 10.8.